The molecule has 2 saturated carbocycles. The van der Waals surface area contributed by atoms with Crippen molar-refractivity contribution in [2.45, 2.75) is 50.6 Å². The van der Waals surface area contributed by atoms with Crippen molar-refractivity contribution in [3.05, 3.63) is 32.7 Å². The fraction of sp³-hybridized carbons (Fsp3) is 0.562. The average molecular weight is 348 g/mol. The molecule has 0 spiro atoms. The molecule has 2 aromatic rings. The van der Waals surface area contributed by atoms with Crippen molar-refractivity contribution < 1.29 is 4.79 Å². The number of hydrogen-bond donors (Lipinski definition) is 2. The fourth-order valence-electron chi connectivity index (χ4n) is 2.67. The molecular formula is C16H20N4OS2. The van der Waals surface area contributed by atoms with Gasteiger partial charge in [-0.15, -0.1) is 22.7 Å². The molecule has 2 aliphatic carbocycles. The Balaban J connectivity index is 1.36. The summed E-state index contributed by atoms with van der Waals surface area (Å²) >= 11 is 3.32. The molecule has 5 nitrogen and oxygen atoms in total. The van der Waals surface area contributed by atoms with Gasteiger partial charge in [0.15, 0.2) is 0 Å². The summed E-state index contributed by atoms with van der Waals surface area (Å²) in [4.78, 5) is 21.4. The Hall–Kier alpha value is -1.47. The Morgan fingerprint density at radius 1 is 1.26 bits per heavy atom. The normalized spacial score (nSPS) is 20.0. The maximum Gasteiger partial charge on any atom is 0.315 e. The molecule has 0 unspecified atom stereocenters. The highest BCUT2D eigenvalue weighted by atomic mass is 32.1. The van der Waals surface area contributed by atoms with Crippen LogP contribution in [0.4, 0.5) is 4.79 Å². The third kappa shape index (κ3) is 3.55. The van der Waals surface area contributed by atoms with Crippen LogP contribution in [0.5, 0.6) is 0 Å². The van der Waals surface area contributed by atoms with Crippen LogP contribution in [-0.2, 0) is 0 Å². The van der Waals surface area contributed by atoms with Crippen molar-refractivity contribution in [2.75, 3.05) is 0 Å². The monoisotopic (exact) mass is 348 g/mol. The molecule has 2 atom stereocenters. The van der Waals surface area contributed by atoms with Gasteiger partial charge in [-0.3, -0.25) is 0 Å². The van der Waals surface area contributed by atoms with Gasteiger partial charge in [-0.25, -0.2) is 14.8 Å². The molecule has 2 aliphatic rings. The van der Waals surface area contributed by atoms with Gasteiger partial charge in [0.2, 0.25) is 0 Å². The van der Waals surface area contributed by atoms with E-state index in [2.05, 4.69) is 26.0 Å². The Morgan fingerprint density at radius 3 is 2.74 bits per heavy atom. The Morgan fingerprint density at radius 2 is 2.09 bits per heavy atom. The van der Waals surface area contributed by atoms with Gasteiger partial charge in [0, 0.05) is 22.9 Å². The van der Waals surface area contributed by atoms with E-state index in [9.17, 15) is 4.79 Å². The van der Waals surface area contributed by atoms with E-state index in [1.807, 2.05) is 12.3 Å². The van der Waals surface area contributed by atoms with Crippen LogP contribution in [0.1, 0.15) is 66.3 Å². The Kier molecular flexibility index (Phi) is 4.07. The average Bonchev–Trinajstić information content (AvgIpc) is 3.45. The number of nitrogens with one attached hydrogen (secondary N) is 2. The zero-order valence-corrected chi connectivity index (χ0v) is 14.6. The highest BCUT2D eigenvalue weighted by Gasteiger charge is 2.35. The van der Waals surface area contributed by atoms with E-state index in [0.29, 0.717) is 11.8 Å². The van der Waals surface area contributed by atoms with Crippen molar-refractivity contribution in [3.63, 3.8) is 0 Å². The predicted octanol–water partition coefficient (Wildman–Crippen LogP) is 3.99. The van der Waals surface area contributed by atoms with E-state index in [0.717, 1.165) is 23.5 Å². The van der Waals surface area contributed by atoms with Gasteiger partial charge >= 0.3 is 6.03 Å². The third-order valence-electron chi connectivity index (χ3n) is 4.36. The van der Waals surface area contributed by atoms with Crippen LogP contribution in [-0.4, -0.2) is 16.0 Å². The molecular weight excluding hydrogens is 328 g/mol. The molecule has 0 aliphatic heterocycles. The first kappa shape index (κ1) is 15.1. The van der Waals surface area contributed by atoms with Crippen LogP contribution < -0.4 is 10.6 Å². The quantitative estimate of drug-likeness (QED) is 0.829. The zero-order chi connectivity index (χ0) is 15.8. The third-order valence-corrected chi connectivity index (χ3v) is 6.24. The number of urea groups is 1. The van der Waals surface area contributed by atoms with Gasteiger partial charge in [-0.2, -0.15) is 0 Å². The predicted molar refractivity (Wildman–Crippen MR) is 91.8 cm³/mol. The maximum atomic E-state index is 12.3. The second kappa shape index (κ2) is 6.20. The SMILES string of the molecule is C[C@H](NC(=O)N[C@@H](c1nccs1)C1CC1)c1csc(C2CC2)n1. The minimum Gasteiger partial charge on any atom is -0.330 e. The van der Waals surface area contributed by atoms with Gasteiger partial charge in [0.1, 0.15) is 5.01 Å². The lowest BCUT2D eigenvalue weighted by Crippen LogP contribution is -2.40. The molecule has 2 aromatic heterocycles. The van der Waals surface area contributed by atoms with Crippen LogP contribution in [0.2, 0.25) is 0 Å². The molecule has 4 rings (SSSR count). The molecule has 7 heteroatoms. The second-order valence-corrected chi connectivity index (χ2v) is 8.23. The van der Waals surface area contributed by atoms with Crippen molar-refractivity contribution in [3.8, 4) is 0 Å². The highest BCUT2D eigenvalue weighted by molar-refractivity contribution is 7.10. The summed E-state index contributed by atoms with van der Waals surface area (Å²) in [6.45, 7) is 1.99. The van der Waals surface area contributed by atoms with Crippen LogP contribution in [0, 0.1) is 5.92 Å². The van der Waals surface area contributed by atoms with Gasteiger partial charge in [0.25, 0.3) is 0 Å². The van der Waals surface area contributed by atoms with E-state index < -0.39 is 0 Å². The molecule has 0 saturated heterocycles. The maximum absolute atomic E-state index is 12.3. The summed E-state index contributed by atoms with van der Waals surface area (Å²) in [5, 5.41) is 12.4. The number of aromatic nitrogens is 2. The van der Waals surface area contributed by atoms with E-state index in [1.165, 1.54) is 17.8 Å². The van der Waals surface area contributed by atoms with Crippen molar-refractivity contribution in [2.24, 2.45) is 5.92 Å². The standard InChI is InChI=1S/C16H20N4OS2/c1-9(12-8-23-14(19-12)11-4-5-11)18-16(21)20-13(10-2-3-10)15-17-6-7-22-15/h6-11,13H,2-5H2,1H3,(H2,18,20,21)/t9-,13+/m0/s1. The lowest BCUT2D eigenvalue weighted by Gasteiger charge is -2.18. The highest BCUT2D eigenvalue weighted by Crippen LogP contribution is 2.42. The number of amides is 2. The molecule has 0 bridgehead atoms. The molecule has 2 amide bonds. The largest absolute Gasteiger partial charge is 0.330 e. The van der Waals surface area contributed by atoms with E-state index in [4.69, 9.17) is 0 Å². The summed E-state index contributed by atoms with van der Waals surface area (Å²) in [5.74, 6) is 1.20. The Bertz CT molecular complexity index is 676. The number of thiazole rings is 2. The molecule has 0 aromatic carbocycles. The number of carbonyl (C=O) groups excluding carboxylic acids is 1. The molecule has 2 N–H and O–H groups in total. The smallest absolute Gasteiger partial charge is 0.315 e. The number of rotatable bonds is 6. The number of hydrogen-bond acceptors (Lipinski definition) is 5. The molecule has 0 radical (unpaired) electrons. The summed E-state index contributed by atoms with van der Waals surface area (Å²) < 4.78 is 0. The van der Waals surface area contributed by atoms with Gasteiger partial charge in [-0.1, -0.05) is 0 Å². The minimum absolute atomic E-state index is 0.0414. The van der Waals surface area contributed by atoms with Gasteiger partial charge in [0.05, 0.1) is 22.8 Å². The summed E-state index contributed by atoms with van der Waals surface area (Å²) in [7, 11) is 0. The summed E-state index contributed by atoms with van der Waals surface area (Å²) in [6, 6.07) is -0.167. The minimum atomic E-state index is -0.134. The van der Waals surface area contributed by atoms with Crippen LogP contribution in [0.15, 0.2) is 17.0 Å². The summed E-state index contributed by atoms with van der Waals surface area (Å²) in [5.41, 5.74) is 0.962. The van der Waals surface area contributed by atoms with Crippen molar-refractivity contribution in [1.29, 1.82) is 0 Å². The van der Waals surface area contributed by atoms with Crippen LogP contribution in [0.25, 0.3) is 0 Å². The van der Waals surface area contributed by atoms with Crippen molar-refractivity contribution >= 4 is 28.7 Å². The number of carbonyl (C=O) groups is 1. The fourth-order valence-corrected chi connectivity index (χ4v) is 4.54. The molecule has 2 fully saturated rings. The van der Waals surface area contributed by atoms with Crippen LogP contribution in [0.3, 0.4) is 0 Å². The van der Waals surface area contributed by atoms with Gasteiger partial charge < -0.3 is 10.6 Å². The summed E-state index contributed by atoms with van der Waals surface area (Å²) in [6.07, 6.45) is 6.64. The first-order chi connectivity index (χ1) is 11.2. The lowest BCUT2D eigenvalue weighted by atomic mass is 10.2. The molecule has 23 heavy (non-hydrogen) atoms. The van der Waals surface area contributed by atoms with E-state index in [1.54, 1.807) is 28.9 Å². The topological polar surface area (TPSA) is 66.9 Å². The first-order valence-electron chi connectivity index (χ1n) is 8.12. The number of nitrogens with zero attached hydrogens (tertiary/aromatic N) is 2. The van der Waals surface area contributed by atoms with Crippen molar-refractivity contribution in [1.82, 2.24) is 20.6 Å². The van der Waals surface area contributed by atoms with E-state index >= 15 is 0 Å². The second-order valence-electron chi connectivity index (χ2n) is 6.41. The zero-order valence-electron chi connectivity index (χ0n) is 13.0. The lowest BCUT2D eigenvalue weighted by molar-refractivity contribution is 0.232. The van der Waals surface area contributed by atoms with Gasteiger partial charge in [-0.05, 0) is 38.5 Å². The first-order valence-corrected chi connectivity index (χ1v) is 9.88. The molecule has 2 heterocycles. The molecule has 122 valence electrons. The van der Waals surface area contributed by atoms with E-state index in [-0.39, 0.29) is 18.1 Å². The van der Waals surface area contributed by atoms with Crippen LogP contribution >= 0.6 is 22.7 Å². The Labute approximate surface area is 143 Å².